The summed E-state index contributed by atoms with van der Waals surface area (Å²) in [5.74, 6) is 1.08. The monoisotopic (exact) mass is 339 g/mol. The fourth-order valence-electron chi connectivity index (χ4n) is 2.75. The second kappa shape index (κ2) is 7.36. The molecule has 1 atom stereocenters. The van der Waals surface area contributed by atoms with Gasteiger partial charge in [0.2, 0.25) is 10.0 Å². The minimum absolute atomic E-state index is 0.0119. The topological polar surface area (TPSA) is 87.2 Å². The van der Waals surface area contributed by atoms with Crippen LogP contribution in [0.2, 0.25) is 0 Å². The largest absolute Gasteiger partial charge is 0.369 e. The first-order valence-electron chi connectivity index (χ1n) is 7.39. The molecule has 1 heterocycles. The van der Waals surface area contributed by atoms with E-state index in [9.17, 15) is 13.7 Å². The van der Waals surface area contributed by atoms with E-state index in [0.717, 1.165) is 31.0 Å². The summed E-state index contributed by atoms with van der Waals surface area (Å²) in [6.45, 7) is 3.94. The maximum Gasteiger partial charge on any atom is 0.238 e. The van der Waals surface area contributed by atoms with E-state index >= 15 is 0 Å². The lowest BCUT2D eigenvalue weighted by atomic mass is 10.1. The van der Waals surface area contributed by atoms with Gasteiger partial charge in [-0.1, -0.05) is 13.3 Å². The van der Waals surface area contributed by atoms with Crippen molar-refractivity contribution in [3.63, 3.8) is 0 Å². The number of benzene rings is 1. The van der Waals surface area contributed by atoms with Crippen molar-refractivity contribution in [2.24, 2.45) is 5.14 Å². The van der Waals surface area contributed by atoms with Crippen LogP contribution in [0.4, 0.5) is 5.69 Å². The molecule has 0 aliphatic carbocycles. The summed E-state index contributed by atoms with van der Waals surface area (Å²) in [5, 5.41) is 15.1. The Kier molecular flexibility index (Phi) is 5.73. The normalized spacial score (nSPS) is 19.5. The Morgan fingerprint density at radius 2 is 2.23 bits per heavy atom. The first-order valence-corrected chi connectivity index (χ1v) is 9.98. The maximum absolute atomic E-state index is 11.4. The van der Waals surface area contributed by atoms with Crippen molar-refractivity contribution in [3.05, 3.63) is 23.8 Å². The summed E-state index contributed by atoms with van der Waals surface area (Å²) in [5.41, 5.74) is 1.17. The van der Waals surface area contributed by atoms with Gasteiger partial charge in [0.15, 0.2) is 0 Å². The zero-order valence-corrected chi connectivity index (χ0v) is 14.3. The molecule has 0 aromatic heterocycles. The minimum Gasteiger partial charge on any atom is -0.369 e. The third kappa shape index (κ3) is 4.15. The van der Waals surface area contributed by atoms with Crippen molar-refractivity contribution >= 4 is 27.5 Å². The first-order chi connectivity index (χ1) is 10.5. The molecule has 1 aromatic rings. The number of thioether (sulfide) groups is 1. The molecule has 1 fully saturated rings. The van der Waals surface area contributed by atoms with Crippen molar-refractivity contribution in [2.45, 2.75) is 36.3 Å². The molecule has 1 saturated heterocycles. The fraction of sp³-hybridized carbons (Fsp3) is 0.533. The number of hydrogen-bond donors (Lipinski definition) is 1. The molecule has 5 nitrogen and oxygen atoms in total. The van der Waals surface area contributed by atoms with Gasteiger partial charge in [-0.15, -0.1) is 0 Å². The summed E-state index contributed by atoms with van der Waals surface area (Å²) in [7, 11) is -3.78. The summed E-state index contributed by atoms with van der Waals surface area (Å²) < 4.78 is 22.9. The van der Waals surface area contributed by atoms with Crippen LogP contribution in [-0.4, -0.2) is 32.5 Å². The van der Waals surface area contributed by atoms with E-state index in [0.29, 0.717) is 10.8 Å². The molecular formula is C15H21N3O2S2. The Hall–Kier alpha value is -1.23. The lowest BCUT2D eigenvalue weighted by Gasteiger charge is -2.27. The molecule has 0 radical (unpaired) electrons. The number of nitrogens with two attached hydrogens (primary N) is 1. The van der Waals surface area contributed by atoms with Crippen LogP contribution in [0, 0.1) is 11.3 Å². The summed E-state index contributed by atoms with van der Waals surface area (Å²) in [6.07, 6.45) is 3.46. The maximum atomic E-state index is 11.4. The molecule has 2 N–H and O–H groups in total. The van der Waals surface area contributed by atoms with Gasteiger partial charge in [-0.2, -0.15) is 17.0 Å². The van der Waals surface area contributed by atoms with Crippen LogP contribution >= 0.6 is 11.8 Å². The van der Waals surface area contributed by atoms with Gasteiger partial charge >= 0.3 is 0 Å². The molecule has 0 spiro atoms. The Balaban J connectivity index is 2.32. The van der Waals surface area contributed by atoms with Crippen LogP contribution in [0.25, 0.3) is 0 Å². The summed E-state index contributed by atoms with van der Waals surface area (Å²) in [4.78, 5) is 2.19. The molecule has 0 bridgehead atoms. The average molecular weight is 339 g/mol. The highest BCUT2D eigenvalue weighted by atomic mass is 32.2. The molecule has 2 rings (SSSR count). The second-order valence-corrected chi connectivity index (χ2v) is 8.49. The molecule has 0 saturated carbocycles. The molecule has 1 aromatic carbocycles. The van der Waals surface area contributed by atoms with E-state index < -0.39 is 10.0 Å². The number of rotatable bonds is 4. The van der Waals surface area contributed by atoms with Crippen molar-refractivity contribution in [3.8, 4) is 6.07 Å². The molecular weight excluding hydrogens is 318 g/mol. The molecule has 1 unspecified atom stereocenters. The van der Waals surface area contributed by atoms with Gasteiger partial charge in [0.05, 0.1) is 16.1 Å². The highest BCUT2D eigenvalue weighted by molar-refractivity contribution is 7.99. The van der Waals surface area contributed by atoms with Gasteiger partial charge in [0, 0.05) is 18.3 Å². The van der Waals surface area contributed by atoms with E-state index in [1.54, 1.807) is 6.07 Å². The highest BCUT2D eigenvalue weighted by Gasteiger charge is 2.21. The lowest BCUT2D eigenvalue weighted by Crippen LogP contribution is -2.30. The van der Waals surface area contributed by atoms with E-state index in [-0.39, 0.29) is 4.90 Å². The van der Waals surface area contributed by atoms with Crippen LogP contribution < -0.4 is 10.0 Å². The number of anilines is 1. The smallest absolute Gasteiger partial charge is 0.238 e. The molecule has 22 heavy (non-hydrogen) atoms. The molecule has 120 valence electrons. The van der Waals surface area contributed by atoms with Gasteiger partial charge < -0.3 is 4.90 Å². The van der Waals surface area contributed by atoms with Crippen LogP contribution in [0.1, 0.15) is 31.7 Å². The predicted molar refractivity (Wildman–Crippen MR) is 90.5 cm³/mol. The van der Waals surface area contributed by atoms with Gasteiger partial charge in [0.1, 0.15) is 6.07 Å². The Bertz CT molecular complexity index is 668. The van der Waals surface area contributed by atoms with Gasteiger partial charge in [-0.25, -0.2) is 13.6 Å². The lowest BCUT2D eigenvalue weighted by molar-refractivity contribution is 0.597. The van der Waals surface area contributed by atoms with E-state index in [1.807, 2.05) is 11.8 Å². The van der Waals surface area contributed by atoms with Crippen molar-refractivity contribution in [1.29, 1.82) is 5.26 Å². The highest BCUT2D eigenvalue weighted by Crippen LogP contribution is 2.29. The number of nitriles is 1. The molecule has 1 aliphatic rings. The van der Waals surface area contributed by atoms with Gasteiger partial charge in [-0.3, -0.25) is 0 Å². The van der Waals surface area contributed by atoms with E-state index in [1.165, 1.54) is 25.0 Å². The number of hydrogen-bond acceptors (Lipinski definition) is 5. The van der Waals surface area contributed by atoms with E-state index in [4.69, 9.17) is 5.14 Å². The third-order valence-electron chi connectivity index (χ3n) is 3.79. The van der Waals surface area contributed by atoms with Crippen LogP contribution in [0.3, 0.4) is 0 Å². The zero-order chi connectivity index (χ0) is 16.2. The third-order valence-corrected chi connectivity index (χ3v) is 5.89. The van der Waals surface area contributed by atoms with Crippen LogP contribution in [0.5, 0.6) is 0 Å². The summed E-state index contributed by atoms with van der Waals surface area (Å²) >= 11 is 1.94. The predicted octanol–water partition coefficient (Wildman–Crippen LogP) is 2.32. The second-order valence-electron chi connectivity index (χ2n) is 5.35. The van der Waals surface area contributed by atoms with Crippen LogP contribution in [0.15, 0.2) is 23.1 Å². The number of sulfonamides is 1. The molecule has 7 heteroatoms. The minimum atomic E-state index is -3.78. The number of nitrogens with zero attached hydrogens (tertiary/aromatic N) is 2. The molecule has 1 aliphatic heterocycles. The van der Waals surface area contributed by atoms with Crippen LogP contribution in [-0.2, 0) is 10.0 Å². The van der Waals surface area contributed by atoms with E-state index in [2.05, 4.69) is 17.9 Å². The Morgan fingerprint density at radius 3 is 2.86 bits per heavy atom. The SMILES string of the molecule is CCSC1CCCCN(c2ccc(S(N)(=O)=O)cc2C#N)C1. The van der Waals surface area contributed by atoms with Gasteiger partial charge in [0.25, 0.3) is 0 Å². The van der Waals surface area contributed by atoms with Crippen molar-refractivity contribution < 1.29 is 8.42 Å². The zero-order valence-electron chi connectivity index (χ0n) is 12.7. The number of primary sulfonamides is 1. The Morgan fingerprint density at radius 1 is 1.45 bits per heavy atom. The first kappa shape index (κ1) is 17.1. The summed E-state index contributed by atoms with van der Waals surface area (Å²) in [6, 6.07) is 6.67. The van der Waals surface area contributed by atoms with Crippen molar-refractivity contribution in [2.75, 3.05) is 23.7 Å². The Labute approximate surface area is 136 Å². The molecule has 0 amide bonds. The van der Waals surface area contributed by atoms with Gasteiger partial charge in [-0.05, 0) is 36.8 Å². The fourth-order valence-corrected chi connectivity index (χ4v) is 4.38. The quantitative estimate of drug-likeness (QED) is 0.909. The van der Waals surface area contributed by atoms with Crippen molar-refractivity contribution in [1.82, 2.24) is 0 Å². The average Bonchev–Trinajstić information content (AvgIpc) is 2.71. The standard InChI is InChI=1S/C15H21N3O2S2/c1-2-21-13-5-3-4-8-18(11-13)15-7-6-14(22(17,19)20)9-12(15)10-16/h6-7,9,13H,2-5,8,11H2,1H3,(H2,17,19,20).